The number of aromatic nitrogens is 4. The van der Waals surface area contributed by atoms with Crippen molar-refractivity contribution in [1.29, 1.82) is 0 Å². The van der Waals surface area contributed by atoms with Crippen molar-refractivity contribution in [1.82, 2.24) is 24.6 Å². The second-order valence-electron chi connectivity index (χ2n) is 8.15. The van der Waals surface area contributed by atoms with E-state index in [0.29, 0.717) is 24.1 Å². The van der Waals surface area contributed by atoms with Crippen molar-refractivity contribution in [2.45, 2.75) is 32.0 Å². The van der Waals surface area contributed by atoms with Gasteiger partial charge < -0.3 is 4.90 Å². The molecule has 1 amide bonds. The molecule has 1 aliphatic rings. The third-order valence-electron chi connectivity index (χ3n) is 5.37. The van der Waals surface area contributed by atoms with E-state index in [-0.39, 0.29) is 5.91 Å². The van der Waals surface area contributed by atoms with Gasteiger partial charge in [-0.25, -0.2) is 0 Å². The van der Waals surface area contributed by atoms with Gasteiger partial charge in [-0.1, -0.05) is 55.9 Å². The molecule has 3 heterocycles. The Hall–Kier alpha value is -2.67. The zero-order chi connectivity index (χ0) is 20.9. The first-order valence-corrected chi connectivity index (χ1v) is 11.4. The lowest BCUT2D eigenvalue weighted by atomic mass is 9.92. The summed E-state index contributed by atoms with van der Waals surface area (Å²) < 4.78 is 2.08. The SMILES string of the molecule is C[C@@H]1C[C@H](C)CN(C(=O)CSc2nnc(-c3cccnc3)n2Cc2ccccc2)C1. The Morgan fingerprint density at radius 2 is 1.83 bits per heavy atom. The number of piperidine rings is 1. The van der Waals surface area contributed by atoms with Gasteiger partial charge in [0.2, 0.25) is 5.91 Å². The van der Waals surface area contributed by atoms with Crippen LogP contribution in [0.4, 0.5) is 0 Å². The molecule has 1 saturated heterocycles. The lowest BCUT2D eigenvalue weighted by Crippen LogP contribution is -2.43. The molecule has 3 aromatic rings. The normalized spacial score (nSPS) is 19.1. The number of hydrogen-bond donors (Lipinski definition) is 0. The second kappa shape index (κ2) is 9.43. The third kappa shape index (κ3) is 4.90. The molecule has 0 bridgehead atoms. The summed E-state index contributed by atoms with van der Waals surface area (Å²) in [5.74, 6) is 2.43. The predicted octanol–water partition coefficient (Wildman–Crippen LogP) is 3.99. The Bertz CT molecular complexity index is 966. The molecular formula is C23H27N5OS. The van der Waals surface area contributed by atoms with E-state index in [2.05, 4.69) is 45.7 Å². The molecule has 4 rings (SSSR count). The second-order valence-corrected chi connectivity index (χ2v) is 9.10. The van der Waals surface area contributed by atoms with Crippen LogP contribution in [0.25, 0.3) is 11.4 Å². The van der Waals surface area contributed by atoms with Gasteiger partial charge >= 0.3 is 0 Å². The molecule has 0 N–H and O–H groups in total. The molecule has 0 unspecified atom stereocenters. The monoisotopic (exact) mass is 421 g/mol. The molecule has 7 heteroatoms. The van der Waals surface area contributed by atoms with Crippen molar-refractivity contribution in [3.05, 3.63) is 60.4 Å². The topological polar surface area (TPSA) is 63.9 Å². The highest BCUT2D eigenvalue weighted by Gasteiger charge is 2.26. The van der Waals surface area contributed by atoms with Crippen LogP contribution in [0.5, 0.6) is 0 Å². The maximum absolute atomic E-state index is 12.8. The number of benzene rings is 1. The van der Waals surface area contributed by atoms with Gasteiger partial charge in [0.05, 0.1) is 12.3 Å². The van der Waals surface area contributed by atoms with Crippen molar-refractivity contribution >= 4 is 17.7 Å². The number of amides is 1. The van der Waals surface area contributed by atoms with Gasteiger partial charge in [0.1, 0.15) is 0 Å². The Morgan fingerprint density at radius 3 is 2.53 bits per heavy atom. The molecule has 0 radical (unpaired) electrons. The van der Waals surface area contributed by atoms with Crippen LogP contribution in [-0.4, -0.2) is 49.4 Å². The molecular weight excluding hydrogens is 394 g/mol. The van der Waals surface area contributed by atoms with E-state index in [1.54, 1.807) is 12.4 Å². The standard InChI is InChI=1S/C23H27N5OS/c1-17-11-18(2)14-27(13-17)21(29)16-30-23-26-25-22(20-9-6-10-24-12-20)28(23)15-19-7-4-3-5-8-19/h3-10,12,17-18H,11,13-16H2,1-2H3/t17-,18+. The lowest BCUT2D eigenvalue weighted by Gasteiger charge is -2.35. The summed E-state index contributed by atoms with van der Waals surface area (Å²) >= 11 is 1.46. The number of carbonyl (C=O) groups excluding carboxylic acids is 1. The van der Waals surface area contributed by atoms with Gasteiger partial charge in [-0.05, 0) is 36.0 Å². The zero-order valence-corrected chi connectivity index (χ0v) is 18.3. The molecule has 156 valence electrons. The first-order valence-electron chi connectivity index (χ1n) is 10.4. The first kappa shape index (κ1) is 20.6. The molecule has 1 fully saturated rings. The van der Waals surface area contributed by atoms with Crippen LogP contribution < -0.4 is 0 Å². The molecule has 6 nitrogen and oxygen atoms in total. The number of nitrogens with zero attached hydrogens (tertiary/aromatic N) is 5. The van der Waals surface area contributed by atoms with Crippen LogP contribution in [-0.2, 0) is 11.3 Å². The highest BCUT2D eigenvalue weighted by atomic mass is 32.2. The fourth-order valence-electron chi connectivity index (χ4n) is 4.10. The smallest absolute Gasteiger partial charge is 0.233 e. The number of thioether (sulfide) groups is 1. The largest absolute Gasteiger partial charge is 0.341 e. The van der Waals surface area contributed by atoms with Crippen LogP contribution in [0.1, 0.15) is 25.8 Å². The molecule has 0 spiro atoms. The fraction of sp³-hybridized carbons (Fsp3) is 0.391. The summed E-state index contributed by atoms with van der Waals surface area (Å²) in [6.45, 7) is 6.79. The average Bonchev–Trinajstić information content (AvgIpc) is 3.15. The molecule has 0 saturated carbocycles. The molecule has 1 aromatic carbocycles. The van der Waals surface area contributed by atoms with Crippen molar-refractivity contribution in [2.75, 3.05) is 18.8 Å². The van der Waals surface area contributed by atoms with Gasteiger partial charge in [-0.15, -0.1) is 10.2 Å². The number of carbonyl (C=O) groups is 1. The summed E-state index contributed by atoms with van der Waals surface area (Å²) in [5, 5.41) is 9.59. The van der Waals surface area contributed by atoms with Gasteiger partial charge in [-0.2, -0.15) is 0 Å². The van der Waals surface area contributed by atoms with Crippen LogP contribution in [0, 0.1) is 11.8 Å². The highest BCUT2D eigenvalue weighted by molar-refractivity contribution is 7.99. The summed E-state index contributed by atoms with van der Waals surface area (Å²) in [4.78, 5) is 19.1. The molecule has 2 aromatic heterocycles. The van der Waals surface area contributed by atoms with Crippen molar-refractivity contribution in [3.8, 4) is 11.4 Å². The molecule has 2 atom stereocenters. The van der Waals surface area contributed by atoms with E-state index in [9.17, 15) is 4.79 Å². The van der Waals surface area contributed by atoms with E-state index in [4.69, 9.17) is 0 Å². The summed E-state index contributed by atoms with van der Waals surface area (Å²) in [7, 11) is 0. The number of hydrogen-bond acceptors (Lipinski definition) is 5. The highest BCUT2D eigenvalue weighted by Crippen LogP contribution is 2.26. The lowest BCUT2D eigenvalue weighted by molar-refractivity contribution is -0.130. The summed E-state index contributed by atoms with van der Waals surface area (Å²) in [5.41, 5.74) is 2.08. The van der Waals surface area contributed by atoms with Gasteiger partial charge in [0, 0.05) is 31.0 Å². The third-order valence-corrected chi connectivity index (χ3v) is 6.32. The minimum Gasteiger partial charge on any atom is -0.341 e. The Kier molecular flexibility index (Phi) is 6.47. The number of pyridine rings is 1. The predicted molar refractivity (Wildman–Crippen MR) is 119 cm³/mol. The molecule has 30 heavy (non-hydrogen) atoms. The summed E-state index contributed by atoms with van der Waals surface area (Å²) in [6, 6.07) is 14.1. The Balaban J connectivity index is 1.54. The van der Waals surface area contributed by atoms with Crippen molar-refractivity contribution in [2.24, 2.45) is 11.8 Å². The van der Waals surface area contributed by atoms with Crippen LogP contribution in [0.3, 0.4) is 0 Å². The maximum atomic E-state index is 12.8. The quantitative estimate of drug-likeness (QED) is 0.563. The summed E-state index contributed by atoms with van der Waals surface area (Å²) in [6.07, 6.45) is 4.73. The Labute approximate surface area is 181 Å². The van der Waals surface area contributed by atoms with Gasteiger partial charge in [-0.3, -0.25) is 14.3 Å². The number of likely N-dealkylation sites (tertiary alicyclic amines) is 1. The van der Waals surface area contributed by atoms with Crippen molar-refractivity contribution in [3.63, 3.8) is 0 Å². The van der Waals surface area contributed by atoms with Crippen LogP contribution in [0.2, 0.25) is 0 Å². The van der Waals surface area contributed by atoms with Crippen molar-refractivity contribution < 1.29 is 4.79 Å². The maximum Gasteiger partial charge on any atom is 0.233 e. The van der Waals surface area contributed by atoms with Crippen LogP contribution >= 0.6 is 11.8 Å². The number of rotatable bonds is 6. The van der Waals surface area contributed by atoms with Gasteiger partial charge in [0.25, 0.3) is 0 Å². The Morgan fingerprint density at radius 1 is 1.07 bits per heavy atom. The average molecular weight is 422 g/mol. The first-order chi connectivity index (χ1) is 14.6. The van der Waals surface area contributed by atoms with E-state index < -0.39 is 0 Å². The minimum atomic E-state index is 0.176. The molecule has 0 aliphatic carbocycles. The fourth-order valence-corrected chi connectivity index (χ4v) is 4.94. The minimum absolute atomic E-state index is 0.176. The van der Waals surface area contributed by atoms with Gasteiger partial charge in [0.15, 0.2) is 11.0 Å². The zero-order valence-electron chi connectivity index (χ0n) is 17.4. The van der Waals surface area contributed by atoms with E-state index in [1.165, 1.54) is 18.2 Å². The van der Waals surface area contributed by atoms with E-state index >= 15 is 0 Å². The van der Waals surface area contributed by atoms with Crippen LogP contribution in [0.15, 0.2) is 60.0 Å². The van der Waals surface area contributed by atoms with E-state index in [0.717, 1.165) is 35.2 Å². The van der Waals surface area contributed by atoms with E-state index in [1.807, 2.05) is 35.2 Å². The molecule has 1 aliphatic heterocycles.